The quantitative estimate of drug-likeness (QED) is 0.512. The van der Waals surface area contributed by atoms with E-state index in [2.05, 4.69) is 21.2 Å². The molecule has 0 heterocycles. The molecule has 3 rings (SSSR count). The van der Waals surface area contributed by atoms with E-state index in [0.717, 1.165) is 51.8 Å². The minimum absolute atomic E-state index is 0.124. The largest absolute Gasteiger partial charge is 0.352 e. The molecule has 9 heteroatoms. The van der Waals surface area contributed by atoms with E-state index in [1.807, 2.05) is 30.3 Å². The molecule has 34 heavy (non-hydrogen) atoms. The number of anilines is 1. The summed E-state index contributed by atoms with van der Waals surface area (Å²) in [6.07, 6.45) is 5.13. The van der Waals surface area contributed by atoms with E-state index in [9.17, 15) is 18.0 Å². The average molecular weight is 551 g/mol. The average Bonchev–Trinajstić information content (AvgIpc) is 3.29. The van der Waals surface area contributed by atoms with Crippen molar-refractivity contribution in [2.75, 3.05) is 17.1 Å². The Bertz CT molecular complexity index is 1120. The number of benzene rings is 2. The topological polar surface area (TPSA) is 86.8 Å². The number of para-hydroxylation sites is 1. The Hall–Kier alpha value is -2.39. The Morgan fingerprint density at radius 3 is 2.29 bits per heavy atom. The van der Waals surface area contributed by atoms with Gasteiger partial charge in [0, 0.05) is 17.1 Å². The standard InChI is InChI=1S/C25H32BrN3O4S/c1-18-8-4-7-11-23(18)29(34(3,32)33)17-24(30)28(16-20-12-14-21(26)15-13-20)19(2)25(31)27-22-9-5-6-10-22/h4,7-8,11-15,19,22H,5-6,9-10,16-17H2,1-3H3,(H,27,31)/t19-/m0/s1. The van der Waals surface area contributed by atoms with E-state index < -0.39 is 22.0 Å². The number of carbonyl (C=O) groups excluding carboxylic acids is 2. The zero-order valence-corrected chi connectivity index (χ0v) is 22.2. The molecule has 2 aromatic carbocycles. The van der Waals surface area contributed by atoms with Crippen LogP contribution in [0.5, 0.6) is 0 Å². The highest BCUT2D eigenvalue weighted by Crippen LogP contribution is 2.23. The molecule has 1 aliphatic rings. The van der Waals surface area contributed by atoms with Crippen LogP contribution in [0.15, 0.2) is 53.0 Å². The zero-order valence-electron chi connectivity index (χ0n) is 19.8. The molecule has 0 aromatic heterocycles. The van der Waals surface area contributed by atoms with E-state index in [1.165, 1.54) is 4.90 Å². The first-order valence-electron chi connectivity index (χ1n) is 11.4. The Morgan fingerprint density at radius 1 is 1.09 bits per heavy atom. The van der Waals surface area contributed by atoms with Crippen LogP contribution >= 0.6 is 15.9 Å². The maximum Gasteiger partial charge on any atom is 0.244 e. The Kier molecular flexibility index (Phi) is 8.76. The lowest BCUT2D eigenvalue weighted by Gasteiger charge is -2.32. The number of aryl methyl sites for hydroxylation is 1. The lowest BCUT2D eigenvalue weighted by atomic mass is 10.1. The predicted molar refractivity (Wildman–Crippen MR) is 138 cm³/mol. The molecule has 7 nitrogen and oxygen atoms in total. The molecular weight excluding hydrogens is 518 g/mol. The number of amides is 2. The van der Waals surface area contributed by atoms with Gasteiger partial charge in [0.25, 0.3) is 0 Å². The fourth-order valence-electron chi connectivity index (χ4n) is 4.20. The third-order valence-corrected chi connectivity index (χ3v) is 7.85. The molecule has 0 aliphatic heterocycles. The number of rotatable bonds is 9. The van der Waals surface area contributed by atoms with Crippen molar-refractivity contribution in [2.45, 2.75) is 58.2 Å². The van der Waals surface area contributed by atoms with Gasteiger partial charge < -0.3 is 10.2 Å². The third-order valence-electron chi connectivity index (χ3n) is 6.20. The molecule has 2 amide bonds. The number of hydrogen-bond donors (Lipinski definition) is 1. The predicted octanol–water partition coefficient (Wildman–Crippen LogP) is 4.00. The fraction of sp³-hybridized carbons (Fsp3) is 0.440. The fourth-order valence-corrected chi connectivity index (χ4v) is 5.37. The van der Waals surface area contributed by atoms with Gasteiger partial charge in [0.15, 0.2) is 0 Å². The van der Waals surface area contributed by atoms with Crippen LogP contribution < -0.4 is 9.62 Å². The summed E-state index contributed by atoms with van der Waals surface area (Å²) in [6, 6.07) is 13.9. The summed E-state index contributed by atoms with van der Waals surface area (Å²) in [5.41, 5.74) is 2.04. The summed E-state index contributed by atoms with van der Waals surface area (Å²) in [7, 11) is -3.73. The molecule has 184 valence electrons. The van der Waals surface area contributed by atoms with Crippen LogP contribution in [0, 0.1) is 6.92 Å². The molecule has 2 aromatic rings. The lowest BCUT2D eigenvalue weighted by Crippen LogP contribution is -2.52. The molecule has 1 N–H and O–H groups in total. The third kappa shape index (κ3) is 6.82. The van der Waals surface area contributed by atoms with Crippen molar-refractivity contribution in [1.82, 2.24) is 10.2 Å². The van der Waals surface area contributed by atoms with Gasteiger partial charge in [-0.3, -0.25) is 13.9 Å². The first-order valence-corrected chi connectivity index (χ1v) is 14.1. The summed E-state index contributed by atoms with van der Waals surface area (Å²) < 4.78 is 27.3. The Morgan fingerprint density at radius 2 is 1.71 bits per heavy atom. The number of sulfonamides is 1. The molecule has 1 saturated carbocycles. The minimum atomic E-state index is -3.73. The SMILES string of the molecule is Cc1ccccc1N(CC(=O)N(Cc1ccc(Br)cc1)[C@@H](C)C(=O)NC1CCCC1)S(C)(=O)=O. The molecule has 0 saturated heterocycles. The molecule has 1 aliphatic carbocycles. The Balaban J connectivity index is 1.88. The second kappa shape index (κ2) is 11.4. The van der Waals surface area contributed by atoms with E-state index in [4.69, 9.17) is 0 Å². The highest BCUT2D eigenvalue weighted by molar-refractivity contribution is 9.10. The van der Waals surface area contributed by atoms with Gasteiger partial charge in [-0.05, 0) is 56.0 Å². The summed E-state index contributed by atoms with van der Waals surface area (Å²) >= 11 is 3.41. The van der Waals surface area contributed by atoms with Crippen LogP contribution in [0.2, 0.25) is 0 Å². The van der Waals surface area contributed by atoms with E-state index in [-0.39, 0.29) is 25.0 Å². The lowest BCUT2D eigenvalue weighted by molar-refractivity contribution is -0.139. The van der Waals surface area contributed by atoms with Crippen molar-refractivity contribution in [3.05, 3.63) is 64.1 Å². The summed E-state index contributed by atoms with van der Waals surface area (Å²) in [5.74, 6) is -0.662. The highest BCUT2D eigenvalue weighted by Gasteiger charge is 2.31. The van der Waals surface area contributed by atoms with Gasteiger partial charge in [0.2, 0.25) is 21.8 Å². The van der Waals surface area contributed by atoms with E-state index in [0.29, 0.717) is 5.69 Å². The highest BCUT2D eigenvalue weighted by atomic mass is 79.9. The van der Waals surface area contributed by atoms with Crippen LogP contribution in [-0.2, 0) is 26.2 Å². The van der Waals surface area contributed by atoms with Crippen LogP contribution in [0.3, 0.4) is 0 Å². The number of nitrogens with zero attached hydrogens (tertiary/aromatic N) is 2. The summed E-state index contributed by atoms with van der Waals surface area (Å²) in [4.78, 5) is 28.1. The van der Waals surface area contributed by atoms with Gasteiger partial charge in [0.05, 0.1) is 11.9 Å². The Labute approximate surface area is 210 Å². The van der Waals surface area contributed by atoms with Crippen molar-refractivity contribution < 1.29 is 18.0 Å². The number of halogens is 1. The van der Waals surface area contributed by atoms with Gasteiger partial charge in [0.1, 0.15) is 12.6 Å². The van der Waals surface area contributed by atoms with E-state index >= 15 is 0 Å². The summed E-state index contributed by atoms with van der Waals surface area (Å²) in [6.45, 7) is 3.30. The molecule has 0 unspecified atom stereocenters. The second-order valence-corrected chi connectivity index (χ2v) is 11.7. The second-order valence-electron chi connectivity index (χ2n) is 8.87. The first-order chi connectivity index (χ1) is 16.1. The number of carbonyl (C=O) groups is 2. The molecule has 1 atom stereocenters. The maximum absolute atomic E-state index is 13.6. The van der Waals surface area contributed by atoms with Crippen molar-refractivity contribution >= 4 is 43.5 Å². The van der Waals surface area contributed by atoms with E-state index in [1.54, 1.807) is 32.0 Å². The molecule has 0 radical (unpaired) electrons. The minimum Gasteiger partial charge on any atom is -0.352 e. The normalized spacial score (nSPS) is 15.1. The molecule has 1 fully saturated rings. The van der Waals surface area contributed by atoms with Crippen molar-refractivity contribution in [1.29, 1.82) is 0 Å². The van der Waals surface area contributed by atoms with Crippen molar-refractivity contribution in [3.8, 4) is 0 Å². The number of hydrogen-bond acceptors (Lipinski definition) is 4. The van der Waals surface area contributed by atoms with Crippen LogP contribution in [0.4, 0.5) is 5.69 Å². The summed E-state index contributed by atoms with van der Waals surface area (Å²) in [5, 5.41) is 3.06. The van der Waals surface area contributed by atoms with Crippen molar-refractivity contribution in [2.24, 2.45) is 0 Å². The maximum atomic E-state index is 13.6. The molecule has 0 spiro atoms. The van der Waals surface area contributed by atoms with Gasteiger partial charge >= 0.3 is 0 Å². The zero-order chi connectivity index (χ0) is 24.9. The molecular formula is C25H32BrN3O4S. The van der Waals surface area contributed by atoms with Gasteiger partial charge in [-0.25, -0.2) is 8.42 Å². The van der Waals surface area contributed by atoms with Crippen LogP contribution in [-0.4, -0.2) is 50.0 Å². The smallest absolute Gasteiger partial charge is 0.244 e. The number of nitrogens with one attached hydrogen (secondary N) is 1. The molecule has 0 bridgehead atoms. The van der Waals surface area contributed by atoms with Crippen molar-refractivity contribution in [3.63, 3.8) is 0 Å². The van der Waals surface area contributed by atoms with Crippen LogP contribution in [0.25, 0.3) is 0 Å². The van der Waals surface area contributed by atoms with Crippen LogP contribution in [0.1, 0.15) is 43.7 Å². The van der Waals surface area contributed by atoms with Gasteiger partial charge in [-0.15, -0.1) is 0 Å². The first kappa shape index (κ1) is 26.2. The monoisotopic (exact) mass is 549 g/mol. The van der Waals surface area contributed by atoms with Gasteiger partial charge in [-0.1, -0.05) is 59.1 Å². The van der Waals surface area contributed by atoms with Gasteiger partial charge in [-0.2, -0.15) is 0 Å².